The number of benzene rings is 1. The third-order valence-electron chi connectivity index (χ3n) is 7.34. The van der Waals surface area contributed by atoms with Gasteiger partial charge in [0.15, 0.2) is 11.3 Å². The van der Waals surface area contributed by atoms with E-state index in [1.165, 1.54) is 24.9 Å². The van der Waals surface area contributed by atoms with E-state index in [0.717, 1.165) is 48.9 Å². The molecular weight excluding hydrogens is 522 g/mol. The van der Waals surface area contributed by atoms with Gasteiger partial charge in [0.2, 0.25) is 5.95 Å². The number of aromatic nitrogens is 5. The number of pyridine rings is 1. The van der Waals surface area contributed by atoms with E-state index in [9.17, 15) is 5.11 Å². The van der Waals surface area contributed by atoms with Crippen LogP contribution in [-0.2, 0) is 17.9 Å². The van der Waals surface area contributed by atoms with Gasteiger partial charge >= 0.3 is 0 Å². The summed E-state index contributed by atoms with van der Waals surface area (Å²) >= 11 is 0. The Kier molecular flexibility index (Phi) is 10.8. The Hall–Kier alpha value is -3.87. The van der Waals surface area contributed by atoms with Crippen molar-refractivity contribution in [2.24, 2.45) is 0 Å². The molecule has 0 radical (unpaired) electrons. The van der Waals surface area contributed by atoms with Crippen molar-refractivity contribution in [3.63, 3.8) is 0 Å². The zero-order chi connectivity index (χ0) is 29.2. The predicted molar refractivity (Wildman–Crippen MR) is 161 cm³/mol. The number of nitrogens with two attached hydrogens (primary N) is 1. The molecule has 0 spiro atoms. The fourth-order valence-corrected chi connectivity index (χ4v) is 5.39. The molecule has 1 fully saturated rings. The minimum atomic E-state index is -0.250. The normalized spacial score (nSPS) is 15.5. The van der Waals surface area contributed by atoms with Gasteiger partial charge in [0.25, 0.3) is 6.47 Å². The molecule has 0 bridgehead atoms. The molecule has 4 aromatic rings. The van der Waals surface area contributed by atoms with E-state index < -0.39 is 0 Å². The van der Waals surface area contributed by atoms with Crippen LogP contribution in [0.4, 0.5) is 11.8 Å². The third-order valence-corrected chi connectivity index (χ3v) is 7.34. The summed E-state index contributed by atoms with van der Waals surface area (Å²) in [4.78, 5) is 26.5. The number of unbranched alkanes of at least 4 members (excludes halogenated alkanes) is 1. The van der Waals surface area contributed by atoms with Gasteiger partial charge in [-0.05, 0) is 50.0 Å². The summed E-state index contributed by atoms with van der Waals surface area (Å²) in [5.74, 6) is 0.881. The Bertz CT molecular complexity index is 1430. The summed E-state index contributed by atoms with van der Waals surface area (Å²) in [7, 11) is 2.19. The number of likely N-dealkylation sites (tertiary alicyclic amines) is 1. The van der Waals surface area contributed by atoms with Crippen LogP contribution in [0.1, 0.15) is 43.7 Å². The van der Waals surface area contributed by atoms with Crippen LogP contribution in [0.5, 0.6) is 0 Å². The first-order valence-electron chi connectivity index (χ1n) is 14.2. The van der Waals surface area contributed by atoms with Gasteiger partial charge in [-0.1, -0.05) is 31.5 Å². The monoisotopic (exact) mass is 563 g/mol. The number of anilines is 2. The third kappa shape index (κ3) is 7.66. The summed E-state index contributed by atoms with van der Waals surface area (Å²) < 4.78 is 1.89. The van der Waals surface area contributed by atoms with Crippen molar-refractivity contribution in [1.82, 2.24) is 34.9 Å². The number of aliphatic hydroxyl groups is 1. The first kappa shape index (κ1) is 30.1. The maximum absolute atomic E-state index is 9.63. The lowest BCUT2D eigenvalue weighted by Crippen LogP contribution is -2.43. The van der Waals surface area contributed by atoms with E-state index in [2.05, 4.69) is 52.4 Å². The highest BCUT2D eigenvalue weighted by Crippen LogP contribution is 2.26. The summed E-state index contributed by atoms with van der Waals surface area (Å²) in [5.41, 5.74) is 10.8. The van der Waals surface area contributed by atoms with Crippen LogP contribution in [0.25, 0.3) is 21.9 Å². The average Bonchev–Trinajstić information content (AvgIpc) is 3.37. The first-order valence-corrected chi connectivity index (χ1v) is 14.2. The summed E-state index contributed by atoms with van der Waals surface area (Å²) in [5, 5.41) is 26.3. The molecule has 4 heterocycles. The van der Waals surface area contributed by atoms with Crippen LogP contribution in [0, 0.1) is 0 Å². The molecule has 1 aliphatic rings. The number of carboxylic acid groups (broad SMARTS) is 1. The standard InChI is InChI=1S/C28H39N9O.CH2O2/c1-3-4-13-36(14-15-38)27-26-24(32-28(29)33-27)19-37(34-26)17-21-10-9-20(23-8-5-11-30-25(21)23)16-31-22-7-6-12-35(2)18-22;2-1-3/h5,8-11,19,22,31,38H,3-4,6-7,12-18H2,1-2H3,(H2,29,32);1H,(H,2,3)/t22-;/m1./s1. The highest BCUT2D eigenvalue weighted by molar-refractivity contribution is 5.87. The number of aliphatic hydroxyl groups excluding tert-OH is 1. The summed E-state index contributed by atoms with van der Waals surface area (Å²) in [6.07, 6.45) is 8.25. The highest BCUT2D eigenvalue weighted by Gasteiger charge is 2.19. The number of hydrogen-bond acceptors (Lipinski definition) is 10. The lowest BCUT2D eigenvalue weighted by Gasteiger charge is -2.30. The number of rotatable bonds is 11. The van der Waals surface area contributed by atoms with Gasteiger partial charge in [-0.3, -0.25) is 14.5 Å². The van der Waals surface area contributed by atoms with Gasteiger partial charge in [-0.15, -0.1) is 0 Å². The van der Waals surface area contributed by atoms with Crippen molar-refractivity contribution in [3.05, 3.63) is 47.8 Å². The van der Waals surface area contributed by atoms with Gasteiger partial charge in [0.05, 0.1) is 24.9 Å². The summed E-state index contributed by atoms with van der Waals surface area (Å²) in [6.45, 7) is 6.82. The molecule has 12 nitrogen and oxygen atoms in total. The first-order chi connectivity index (χ1) is 20.0. The zero-order valence-corrected chi connectivity index (χ0v) is 23.9. The molecular formula is C29H41N9O3. The second-order valence-electron chi connectivity index (χ2n) is 10.4. The molecule has 0 amide bonds. The molecule has 220 valence electrons. The van der Waals surface area contributed by atoms with Crippen LogP contribution < -0.4 is 16.0 Å². The van der Waals surface area contributed by atoms with E-state index in [1.54, 1.807) is 0 Å². The van der Waals surface area contributed by atoms with Gasteiger partial charge < -0.3 is 31.1 Å². The van der Waals surface area contributed by atoms with Crippen LogP contribution in [0.3, 0.4) is 0 Å². The molecule has 1 saturated heterocycles. The van der Waals surface area contributed by atoms with Gasteiger partial charge in [-0.25, -0.2) is 4.98 Å². The van der Waals surface area contributed by atoms with E-state index >= 15 is 0 Å². The van der Waals surface area contributed by atoms with E-state index in [0.29, 0.717) is 36.0 Å². The van der Waals surface area contributed by atoms with E-state index in [4.69, 9.17) is 25.7 Å². The van der Waals surface area contributed by atoms with Crippen LogP contribution in [0.15, 0.2) is 36.7 Å². The minimum absolute atomic E-state index is 0.0339. The lowest BCUT2D eigenvalue weighted by atomic mass is 10.0. The van der Waals surface area contributed by atoms with E-state index in [-0.39, 0.29) is 19.0 Å². The largest absolute Gasteiger partial charge is 0.483 e. The number of likely N-dealkylation sites (N-methyl/N-ethyl adjacent to an activating group) is 1. The fraction of sp³-hybridized carbons (Fsp3) is 0.483. The molecule has 0 aliphatic carbocycles. The Labute approximate surface area is 240 Å². The SMILES string of the molecule is CCCCN(CCO)c1nc(N)nc2cn(Cc3ccc(CN[C@@H]4CCCN(C)C4)c4cccnc34)nc12.O=CO. The second kappa shape index (κ2) is 14.7. The van der Waals surface area contributed by atoms with Crippen LogP contribution in [-0.4, -0.2) is 92.2 Å². The quantitative estimate of drug-likeness (QED) is 0.199. The molecule has 0 unspecified atom stereocenters. The number of fused-ring (bicyclic) bond motifs is 2. The number of nitrogen functional groups attached to an aromatic ring is 1. The fourth-order valence-electron chi connectivity index (χ4n) is 5.39. The maximum atomic E-state index is 9.63. The Morgan fingerprint density at radius 1 is 1.20 bits per heavy atom. The van der Waals surface area contributed by atoms with Crippen molar-refractivity contribution < 1.29 is 15.0 Å². The highest BCUT2D eigenvalue weighted by atomic mass is 16.3. The molecule has 1 aliphatic heterocycles. The number of piperidine rings is 1. The van der Waals surface area contributed by atoms with E-state index in [1.807, 2.05) is 28.0 Å². The number of carbonyl (C=O) groups is 1. The zero-order valence-electron chi connectivity index (χ0n) is 23.9. The molecule has 12 heteroatoms. The Morgan fingerprint density at radius 2 is 2.00 bits per heavy atom. The van der Waals surface area contributed by atoms with Crippen molar-refractivity contribution >= 4 is 40.2 Å². The van der Waals surface area contributed by atoms with Gasteiger partial charge in [-0.2, -0.15) is 10.1 Å². The van der Waals surface area contributed by atoms with Crippen molar-refractivity contribution in [1.29, 1.82) is 0 Å². The van der Waals surface area contributed by atoms with Crippen LogP contribution in [0.2, 0.25) is 0 Å². The van der Waals surface area contributed by atoms with Crippen molar-refractivity contribution in [3.8, 4) is 0 Å². The average molecular weight is 564 g/mol. The summed E-state index contributed by atoms with van der Waals surface area (Å²) in [6, 6.07) is 9.04. The molecule has 41 heavy (non-hydrogen) atoms. The molecule has 3 aromatic heterocycles. The van der Waals surface area contributed by atoms with Crippen LogP contribution >= 0.6 is 0 Å². The van der Waals surface area contributed by atoms with Gasteiger partial charge in [0, 0.05) is 43.8 Å². The van der Waals surface area contributed by atoms with Gasteiger partial charge in [0.1, 0.15) is 5.52 Å². The second-order valence-corrected chi connectivity index (χ2v) is 10.4. The lowest BCUT2D eigenvalue weighted by molar-refractivity contribution is -0.122. The van der Waals surface area contributed by atoms with Crippen molar-refractivity contribution in [2.45, 2.75) is 51.7 Å². The smallest absolute Gasteiger partial charge is 0.290 e. The molecule has 1 aromatic carbocycles. The number of nitrogens with one attached hydrogen (secondary N) is 1. The number of hydrogen-bond donors (Lipinski definition) is 4. The molecule has 5 N–H and O–H groups in total. The topological polar surface area (TPSA) is 159 Å². The Balaban J connectivity index is 0.00000124. The molecule has 1 atom stereocenters. The minimum Gasteiger partial charge on any atom is -0.483 e. The maximum Gasteiger partial charge on any atom is 0.290 e. The molecule has 5 rings (SSSR count). The number of nitrogens with zero attached hydrogens (tertiary/aromatic N) is 7. The Morgan fingerprint density at radius 3 is 2.76 bits per heavy atom. The van der Waals surface area contributed by atoms with Crippen molar-refractivity contribution in [2.75, 3.05) is 50.5 Å². The predicted octanol–water partition coefficient (Wildman–Crippen LogP) is 2.49. The molecule has 0 saturated carbocycles.